The highest BCUT2D eigenvalue weighted by molar-refractivity contribution is 9.10. The number of carbonyl (C=O) groups excluding carboxylic acids is 2. The number of aldehydes is 1. The molecule has 0 unspecified atom stereocenters. The number of rotatable bonds is 8. The van der Waals surface area contributed by atoms with Crippen LogP contribution in [0.2, 0.25) is 0 Å². The molecule has 0 fully saturated rings. The molecule has 7 heteroatoms. The number of esters is 1. The third-order valence-electron chi connectivity index (χ3n) is 4.18. The molecule has 0 amide bonds. The molecule has 2 aromatic carbocycles. The monoisotopic (exact) mass is 462 g/mol. The van der Waals surface area contributed by atoms with Crippen LogP contribution in [0.3, 0.4) is 0 Å². The van der Waals surface area contributed by atoms with Crippen LogP contribution in [0.5, 0.6) is 11.5 Å². The van der Waals surface area contributed by atoms with Gasteiger partial charge in [-0.1, -0.05) is 29.4 Å². The van der Waals surface area contributed by atoms with Crippen molar-refractivity contribution in [3.63, 3.8) is 0 Å². The molecule has 0 spiro atoms. The van der Waals surface area contributed by atoms with Gasteiger partial charge in [-0.2, -0.15) is 0 Å². The van der Waals surface area contributed by atoms with E-state index in [9.17, 15) is 9.59 Å². The second kappa shape index (κ2) is 10.1. The van der Waals surface area contributed by atoms with E-state index < -0.39 is 0 Å². The molecule has 0 radical (unpaired) electrons. The summed E-state index contributed by atoms with van der Waals surface area (Å²) in [7, 11) is 1.55. The van der Waals surface area contributed by atoms with Gasteiger partial charge in [0.05, 0.1) is 20.1 Å². The number of hydrogen-bond acceptors (Lipinski definition) is 6. The summed E-state index contributed by atoms with van der Waals surface area (Å²) in [4.78, 5) is 23.3. The third kappa shape index (κ3) is 5.17. The number of halogens is 1. The van der Waals surface area contributed by atoms with E-state index in [1.54, 1.807) is 38.3 Å². The van der Waals surface area contributed by atoms with E-state index in [4.69, 9.17) is 18.6 Å². The SMILES string of the molecule is C.CCOC(=O)Cc1ccc(OC)cc1OCc1c(C=O)oc2ccc(Br)cc12. The molecular formula is C22H23BrO6. The van der Waals surface area contributed by atoms with Crippen molar-refractivity contribution >= 4 is 39.2 Å². The Bertz CT molecular complexity index is 1010. The van der Waals surface area contributed by atoms with Crippen molar-refractivity contribution in [3.8, 4) is 11.5 Å². The molecule has 0 aliphatic carbocycles. The summed E-state index contributed by atoms with van der Waals surface area (Å²) >= 11 is 3.43. The highest BCUT2D eigenvalue weighted by Crippen LogP contribution is 2.31. The molecule has 3 aromatic rings. The summed E-state index contributed by atoms with van der Waals surface area (Å²) in [5.41, 5.74) is 1.90. The maximum Gasteiger partial charge on any atom is 0.310 e. The van der Waals surface area contributed by atoms with Gasteiger partial charge in [-0.15, -0.1) is 0 Å². The van der Waals surface area contributed by atoms with Crippen LogP contribution in [0.25, 0.3) is 11.0 Å². The molecule has 6 nitrogen and oxygen atoms in total. The van der Waals surface area contributed by atoms with Gasteiger partial charge in [-0.3, -0.25) is 9.59 Å². The Balaban J connectivity index is 0.00000300. The summed E-state index contributed by atoms with van der Waals surface area (Å²) in [6.07, 6.45) is 0.739. The van der Waals surface area contributed by atoms with Gasteiger partial charge in [0.2, 0.25) is 0 Å². The first-order valence-electron chi connectivity index (χ1n) is 8.67. The van der Waals surface area contributed by atoms with Gasteiger partial charge >= 0.3 is 5.97 Å². The van der Waals surface area contributed by atoms with E-state index in [1.165, 1.54) is 0 Å². The fourth-order valence-electron chi connectivity index (χ4n) is 2.84. The lowest BCUT2D eigenvalue weighted by Crippen LogP contribution is -2.09. The fraction of sp³-hybridized carbons (Fsp3) is 0.273. The van der Waals surface area contributed by atoms with Crippen molar-refractivity contribution in [2.45, 2.75) is 27.4 Å². The number of carbonyl (C=O) groups is 2. The summed E-state index contributed by atoms with van der Waals surface area (Å²) < 4.78 is 22.7. The molecule has 0 N–H and O–H groups in total. The van der Waals surface area contributed by atoms with E-state index in [1.807, 2.05) is 12.1 Å². The van der Waals surface area contributed by atoms with Gasteiger partial charge < -0.3 is 18.6 Å². The Labute approximate surface area is 177 Å². The molecule has 0 saturated carbocycles. The highest BCUT2D eigenvalue weighted by atomic mass is 79.9. The van der Waals surface area contributed by atoms with Crippen LogP contribution in [0, 0.1) is 0 Å². The summed E-state index contributed by atoms with van der Waals surface area (Å²) in [5, 5.41) is 0.784. The van der Waals surface area contributed by atoms with Gasteiger partial charge in [0.25, 0.3) is 0 Å². The highest BCUT2D eigenvalue weighted by Gasteiger charge is 2.17. The Hall–Kier alpha value is -2.80. The maximum absolute atomic E-state index is 11.9. The van der Waals surface area contributed by atoms with E-state index in [2.05, 4.69) is 15.9 Å². The maximum atomic E-state index is 11.9. The molecule has 0 aliphatic rings. The largest absolute Gasteiger partial charge is 0.497 e. The van der Waals surface area contributed by atoms with Crippen LogP contribution >= 0.6 is 15.9 Å². The van der Waals surface area contributed by atoms with Gasteiger partial charge in [0, 0.05) is 27.1 Å². The Morgan fingerprint density at radius 1 is 1.21 bits per heavy atom. The van der Waals surface area contributed by atoms with Gasteiger partial charge in [-0.25, -0.2) is 0 Å². The first-order valence-corrected chi connectivity index (χ1v) is 9.46. The van der Waals surface area contributed by atoms with Crippen LogP contribution in [0.4, 0.5) is 0 Å². The lowest BCUT2D eigenvalue weighted by atomic mass is 10.1. The van der Waals surface area contributed by atoms with Crippen LogP contribution in [0.1, 0.15) is 36.0 Å². The van der Waals surface area contributed by atoms with Crippen molar-refractivity contribution in [3.05, 3.63) is 57.8 Å². The molecule has 0 saturated heterocycles. The zero-order chi connectivity index (χ0) is 20.1. The number of fused-ring (bicyclic) bond motifs is 1. The van der Waals surface area contributed by atoms with Crippen LogP contribution in [-0.2, 0) is 22.6 Å². The van der Waals surface area contributed by atoms with Crippen molar-refractivity contribution in [2.75, 3.05) is 13.7 Å². The molecule has 29 heavy (non-hydrogen) atoms. The zero-order valence-electron chi connectivity index (χ0n) is 15.5. The van der Waals surface area contributed by atoms with Crippen molar-refractivity contribution in [2.24, 2.45) is 0 Å². The molecular weight excluding hydrogens is 440 g/mol. The zero-order valence-corrected chi connectivity index (χ0v) is 17.1. The Kier molecular flexibility index (Phi) is 7.84. The molecule has 0 atom stereocenters. The Morgan fingerprint density at radius 2 is 2.00 bits per heavy atom. The van der Waals surface area contributed by atoms with E-state index >= 15 is 0 Å². The summed E-state index contributed by atoms with van der Waals surface area (Å²) in [5.74, 6) is 0.943. The topological polar surface area (TPSA) is 75.0 Å². The van der Waals surface area contributed by atoms with Gasteiger partial charge in [0.1, 0.15) is 23.7 Å². The predicted molar refractivity (Wildman–Crippen MR) is 114 cm³/mol. The van der Waals surface area contributed by atoms with E-state index in [0.717, 1.165) is 9.86 Å². The van der Waals surface area contributed by atoms with Crippen LogP contribution in [-0.4, -0.2) is 26.0 Å². The molecule has 0 bridgehead atoms. The van der Waals surface area contributed by atoms with Crippen molar-refractivity contribution < 1.29 is 28.2 Å². The average molecular weight is 463 g/mol. The number of furan rings is 1. The number of methoxy groups -OCH3 is 1. The summed E-state index contributed by atoms with van der Waals surface area (Å²) in [6.45, 7) is 2.16. The second-order valence-electron chi connectivity index (χ2n) is 5.95. The van der Waals surface area contributed by atoms with E-state index in [0.29, 0.717) is 41.1 Å². The third-order valence-corrected chi connectivity index (χ3v) is 4.67. The smallest absolute Gasteiger partial charge is 0.310 e. The van der Waals surface area contributed by atoms with Crippen LogP contribution < -0.4 is 9.47 Å². The lowest BCUT2D eigenvalue weighted by Gasteiger charge is -2.13. The normalized spacial score (nSPS) is 10.3. The number of hydrogen-bond donors (Lipinski definition) is 0. The van der Waals surface area contributed by atoms with Crippen molar-refractivity contribution in [1.82, 2.24) is 0 Å². The number of ether oxygens (including phenoxy) is 3. The van der Waals surface area contributed by atoms with E-state index in [-0.39, 0.29) is 32.2 Å². The standard InChI is InChI=1S/C21H19BrO6.CH4/c1-3-26-21(24)8-13-4-6-15(25-2)10-19(13)27-12-17-16-9-14(22)5-7-18(16)28-20(17)11-23;/h4-7,9-11H,3,8,12H2,1-2H3;1H4. The molecule has 1 heterocycles. The average Bonchev–Trinajstić information content (AvgIpc) is 3.04. The molecule has 3 rings (SSSR count). The molecule has 154 valence electrons. The Morgan fingerprint density at radius 3 is 2.69 bits per heavy atom. The quantitative estimate of drug-likeness (QED) is 0.332. The second-order valence-corrected chi connectivity index (χ2v) is 6.86. The minimum atomic E-state index is -0.344. The molecule has 0 aliphatic heterocycles. The number of benzene rings is 2. The first-order chi connectivity index (χ1) is 13.5. The first kappa shape index (κ1) is 22.5. The van der Waals surface area contributed by atoms with Crippen molar-refractivity contribution in [1.29, 1.82) is 0 Å². The predicted octanol–water partition coefficient (Wildman–Crippen LogP) is 5.34. The van der Waals surface area contributed by atoms with Gasteiger partial charge in [-0.05, 0) is 31.2 Å². The molecule has 1 aromatic heterocycles. The van der Waals surface area contributed by atoms with Gasteiger partial charge in [0.15, 0.2) is 12.0 Å². The minimum absolute atomic E-state index is 0. The summed E-state index contributed by atoms with van der Waals surface area (Å²) in [6, 6.07) is 10.7. The minimum Gasteiger partial charge on any atom is -0.497 e. The fourth-order valence-corrected chi connectivity index (χ4v) is 3.20. The van der Waals surface area contributed by atoms with Crippen LogP contribution in [0.15, 0.2) is 45.3 Å². The lowest BCUT2D eigenvalue weighted by molar-refractivity contribution is -0.142.